The molecule has 1 aromatic carbocycles. The Bertz CT molecular complexity index is 415. The Morgan fingerprint density at radius 2 is 2.00 bits per heavy atom. The number of aliphatic carboxylic acids is 1. The van der Waals surface area contributed by atoms with E-state index < -0.39 is 5.97 Å². The van der Waals surface area contributed by atoms with Gasteiger partial charge in [-0.3, -0.25) is 0 Å². The largest absolute Gasteiger partial charge is 0.477 e. The van der Waals surface area contributed by atoms with Crippen LogP contribution in [0, 0.1) is 11.3 Å². The zero-order valence-corrected chi connectivity index (χ0v) is 7.82. The first-order chi connectivity index (χ1) is 6.63. The molecule has 1 aromatic rings. The lowest BCUT2D eigenvalue weighted by Gasteiger charge is -1.94. The zero-order valence-electron chi connectivity index (χ0n) is 7.07. The van der Waals surface area contributed by atoms with Crippen molar-refractivity contribution < 1.29 is 9.90 Å². The SMILES string of the molecule is N#C/C(=C/c1ccc(Cl)cc1)C(=O)O. The molecular formula is C10H6ClNO2. The molecule has 1 N–H and O–H groups in total. The van der Waals surface area contributed by atoms with E-state index in [1.54, 1.807) is 30.3 Å². The number of carboxylic acid groups (broad SMARTS) is 1. The Morgan fingerprint density at radius 1 is 1.43 bits per heavy atom. The molecule has 0 amide bonds. The van der Waals surface area contributed by atoms with Crippen LogP contribution < -0.4 is 0 Å². The van der Waals surface area contributed by atoms with E-state index in [9.17, 15) is 4.79 Å². The molecule has 0 saturated carbocycles. The molecular weight excluding hydrogens is 202 g/mol. The fraction of sp³-hybridized carbons (Fsp3) is 0. The first-order valence-electron chi connectivity index (χ1n) is 3.74. The number of carbonyl (C=O) groups is 1. The average molecular weight is 208 g/mol. The van der Waals surface area contributed by atoms with Gasteiger partial charge in [-0.25, -0.2) is 4.79 Å². The molecule has 14 heavy (non-hydrogen) atoms. The number of benzene rings is 1. The number of hydrogen-bond acceptors (Lipinski definition) is 2. The van der Waals surface area contributed by atoms with E-state index in [1.807, 2.05) is 0 Å². The molecule has 0 aliphatic carbocycles. The van der Waals surface area contributed by atoms with Crippen molar-refractivity contribution in [1.29, 1.82) is 5.26 Å². The van der Waals surface area contributed by atoms with Gasteiger partial charge >= 0.3 is 5.97 Å². The van der Waals surface area contributed by atoms with Crippen LogP contribution in [0.3, 0.4) is 0 Å². The molecule has 0 aliphatic rings. The van der Waals surface area contributed by atoms with Gasteiger partial charge in [-0.15, -0.1) is 0 Å². The molecule has 0 saturated heterocycles. The second-order valence-corrected chi connectivity index (χ2v) is 2.96. The van der Waals surface area contributed by atoms with Crippen molar-refractivity contribution in [3.05, 3.63) is 40.4 Å². The first-order valence-corrected chi connectivity index (χ1v) is 4.12. The highest BCUT2D eigenvalue weighted by molar-refractivity contribution is 6.30. The van der Waals surface area contributed by atoms with Gasteiger partial charge in [-0.1, -0.05) is 23.7 Å². The van der Waals surface area contributed by atoms with Crippen molar-refractivity contribution in [3.63, 3.8) is 0 Å². The van der Waals surface area contributed by atoms with E-state index in [2.05, 4.69) is 0 Å². The highest BCUT2D eigenvalue weighted by Crippen LogP contribution is 2.12. The molecule has 0 atom stereocenters. The third kappa shape index (κ3) is 2.61. The third-order valence-corrected chi connectivity index (χ3v) is 1.78. The second-order valence-electron chi connectivity index (χ2n) is 2.53. The summed E-state index contributed by atoms with van der Waals surface area (Å²) in [5.74, 6) is -1.23. The van der Waals surface area contributed by atoms with Crippen molar-refractivity contribution in [2.45, 2.75) is 0 Å². The van der Waals surface area contributed by atoms with E-state index in [0.717, 1.165) is 0 Å². The van der Waals surface area contributed by atoms with Gasteiger partial charge in [0.05, 0.1) is 0 Å². The molecule has 3 nitrogen and oxygen atoms in total. The molecule has 0 heterocycles. The standard InChI is InChI=1S/C10H6ClNO2/c11-9-3-1-7(2-4-9)5-8(6-12)10(13)14/h1-5H,(H,13,14)/b8-5-. The van der Waals surface area contributed by atoms with Crippen molar-refractivity contribution in [3.8, 4) is 6.07 Å². The second kappa shape index (κ2) is 4.45. The molecule has 4 heteroatoms. The zero-order chi connectivity index (χ0) is 10.6. The monoisotopic (exact) mass is 207 g/mol. The normalized spacial score (nSPS) is 10.7. The number of nitriles is 1. The predicted octanol–water partition coefficient (Wildman–Crippen LogP) is 2.33. The molecule has 0 unspecified atom stereocenters. The summed E-state index contributed by atoms with van der Waals surface area (Å²) in [6, 6.07) is 8.13. The highest BCUT2D eigenvalue weighted by Gasteiger charge is 2.04. The predicted molar refractivity (Wildman–Crippen MR) is 52.7 cm³/mol. The van der Waals surface area contributed by atoms with Gasteiger partial charge in [0.2, 0.25) is 0 Å². The minimum absolute atomic E-state index is 0.299. The van der Waals surface area contributed by atoms with Crippen molar-refractivity contribution >= 4 is 23.6 Å². The van der Waals surface area contributed by atoms with Crippen LogP contribution >= 0.6 is 11.6 Å². The molecule has 0 spiro atoms. The van der Waals surface area contributed by atoms with Gasteiger partial charge in [0.1, 0.15) is 11.6 Å². The van der Waals surface area contributed by atoms with Crippen LogP contribution in [-0.2, 0) is 4.79 Å². The molecule has 70 valence electrons. The number of carboxylic acids is 1. The summed E-state index contributed by atoms with van der Waals surface area (Å²) >= 11 is 5.64. The van der Waals surface area contributed by atoms with Crippen molar-refractivity contribution in [2.75, 3.05) is 0 Å². The number of halogens is 1. The minimum Gasteiger partial charge on any atom is -0.477 e. The molecule has 0 fully saturated rings. The van der Waals surface area contributed by atoms with Gasteiger partial charge in [-0.2, -0.15) is 5.26 Å². The van der Waals surface area contributed by atoms with Crippen LogP contribution in [0.4, 0.5) is 0 Å². The van der Waals surface area contributed by atoms with Crippen molar-refractivity contribution in [1.82, 2.24) is 0 Å². The van der Waals surface area contributed by atoms with E-state index in [4.69, 9.17) is 22.0 Å². The maximum absolute atomic E-state index is 10.5. The molecule has 0 aromatic heterocycles. The summed E-state index contributed by atoms with van der Waals surface area (Å²) in [5.41, 5.74) is 0.334. The molecule has 0 bridgehead atoms. The summed E-state index contributed by atoms with van der Waals surface area (Å²) in [4.78, 5) is 10.5. The Kier molecular flexibility index (Phi) is 3.27. The van der Waals surface area contributed by atoms with Crippen LogP contribution in [0.5, 0.6) is 0 Å². The van der Waals surface area contributed by atoms with E-state index in [-0.39, 0.29) is 5.57 Å². The quantitative estimate of drug-likeness (QED) is 0.598. The summed E-state index contributed by atoms with van der Waals surface area (Å²) in [5, 5.41) is 17.6. The smallest absolute Gasteiger partial charge is 0.346 e. The lowest BCUT2D eigenvalue weighted by atomic mass is 10.1. The lowest BCUT2D eigenvalue weighted by molar-refractivity contribution is -0.132. The van der Waals surface area contributed by atoms with E-state index in [1.165, 1.54) is 6.08 Å². The number of hydrogen-bond donors (Lipinski definition) is 1. The fourth-order valence-corrected chi connectivity index (χ4v) is 0.993. The maximum atomic E-state index is 10.5. The topological polar surface area (TPSA) is 61.1 Å². The fourth-order valence-electron chi connectivity index (χ4n) is 0.868. The van der Waals surface area contributed by atoms with Gasteiger partial charge in [-0.05, 0) is 23.8 Å². The first kappa shape index (κ1) is 10.3. The van der Waals surface area contributed by atoms with Gasteiger partial charge in [0.25, 0.3) is 0 Å². The summed E-state index contributed by atoms with van der Waals surface area (Å²) in [7, 11) is 0. The Hall–Kier alpha value is -1.79. The van der Waals surface area contributed by atoms with Crippen LogP contribution in [-0.4, -0.2) is 11.1 Å². The number of nitrogens with zero attached hydrogens (tertiary/aromatic N) is 1. The molecule has 1 rings (SSSR count). The molecule has 0 aliphatic heterocycles. The van der Waals surface area contributed by atoms with Crippen LogP contribution in [0.15, 0.2) is 29.8 Å². The summed E-state index contributed by atoms with van der Waals surface area (Å²) in [6.45, 7) is 0. The minimum atomic E-state index is -1.23. The van der Waals surface area contributed by atoms with Gasteiger partial charge < -0.3 is 5.11 Å². The highest BCUT2D eigenvalue weighted by atomic mass is 35.5. The van der Waals surface area contributed by atoms with E-state index >= 15 is 0 Å². The third-order valence-electron chi connectivity index (χ3n) is 1.53. The van der Waals surface area contributed by atoms with Crippen LogP contribution in [0.2, 0.25) is 5.02 Å². The van der Waals surface area contributed by atoms with E-state index in [0.29, 0.717) is 10.6 Å². The number of rotatable bonds is 2. The maximum Gasteiger partial charge on any atom is 0.346 e. The van der Waals surface area contributed by atoms with Gasteiger partial charge in [0.15, 0.2) is 0 Å². The van der Waals surface area contributed by atoms with Crippen LogP contribution in [0.25, 0.3) is 6.08 Å². The average Bonchev–Trinajstić information content (AvgIpc) is 2.16. The van der Waals surface area contributed by atoms with Gasteiger partial charge in [0, 0.05) is 5.02 Å². The Balaban J connectivity index is 3.03. The lowest BCUT2D eigenvalue weighted by Crippen LogP contribution is -1.97. The Morgan fingerprint density at radius 3 is 2.43 bits per heavy atom. The summed E-state index contributed by atoms with van der Waals surface area (Å²) < 4.78 is 0. The summed E-state index contributed by atoms with van der Waals surface area (Å²) in [6.07, 6.45) is 1.29. The molecule has 0 radical (unpaired) electrons. The van der Waals surface area contributed by atoms with Crippen LogP contribution in [0.1, 0.15) is 5.56 Å². The Labute approximate surface area is 85.9 Å². The van der Waals surface area contributed by atoms with Crippen molar-refractivity contribution in [2.24, 2.45) is 0 Å².